The molecule has 3 heterocycles. The number of pyridine rings is 2. The van der Waals surface area contributed by atoms with Gasteiger partial charge in [0.1, 0.15) is 17.6 Å². The van der Waals surface area contributed by atoms with Gasteiger partial charge >= 0.3 is 0 Å². The minimum absolute atomic E-state index is 0.540. The van der Waals surface area contributed by atoms with Gasteiger partial charge in [-0.3, -0.25) is 4.98 Å². The monoisotopic (exact) mass is 294 g/mol. The van der Waals surface area contributed by atoms with Crippen molar-refractivity contribution in [1.29, 1.82) is 5.26 Å². The van der Waals surface area contributed by atoms with Gasteiger partial charge in [-0.05, 0) is 43.0 Å². The van der Waals surface area contributed by atoms with E-state index in [1.807, 2.05) is 18.2 Å². The van der Waals surface area contributed by atoms with Crippen LogP contribution in [0.1, 0.15) is 18.4 Å². The lowest BCUT2D eigenvalue weighted by molar-refractivity contribution is 0.222. The molecule has 0 spiro atoms. The molecule has 0 aliphatic carbocycles. The van der Waals surface area contributed by atoms with Crippen molar-refractivity contribution < 1.29 is 4.74 Å². The number of nitrogens with zero attached hydrogens (tertiary/aromatic N) is 4. The topological polar surface area (TPSA) is 62.0 Å². The van der Waals surface area contributed by atoms with Crippen LogP contribution in [0.2, 0.25) is 0 Å². The highest BCUT2D eigenvalue weighted by atomic mass is 16.5. The first-order chi connectivity index (χ1) is 10.9. The summed E-state index contributed by atoms with van der Waals surface area (Å²) in [5.41, 5.74) is 0.647. The first kappa shape index (κ1) is 14.3. The van der Waals surface area contributed by atoms with Gasteiger partial charge < -0.3 is 9.64 Å². The van der Waals surface area contributed by atoms with Crippen molar-refractivity contribution >= 4 is 5.82 Å². The van der Waals surface area contributed by atoms with E-state index in [-0.39, 0.29) is 0 Å². The van der Waals surface area contributed by atoms with Gasteiger partial charge in [0, 0.05) is 31.7 Å². The molecule has 1 aliphatic heterocycles. The van der Waals surface area contributed by atoms with Gasteiger partial charge in [0.2, 0.25) is 0 Å². The molecule has 0 radical (unpaired) electrons. The zero-order chi connectivity index (χ0) is 15.2. The maximum atomic E-state index is 9.17. The first-order valence-electron chi connectivity index (χ1n) is 7.49. The molecule has 2 aromatic rings. The lowest BCUT2D eigenvalue weighted by Crippen LogP contribution is -2.36. The molecule has 5 heteroatoms. The molecule has 1 aliphatic rings. The van der Waals surface area contributed by atoms with Gasteiger partial charge in [-0.2, -0.15) is 5.26 Å². The molecule has 3 rings (SSSR count). The van der Waals surface area contributed by atoms with E-state index >= 15 is 0 Å². The molecule has 0 N–H and O–H groups in total. The molecule has 2 aromatic heterocycles. The molecule has 0 unspecified atom stereocenters. The molecular formula is C17H18N4O. The Morgan fingerprint density at radius 2 is 1.95 bits per heavy atom. The summed E-state index contributed by atoms with van der Waals surface area (Å²) >= 11 is 0. The smallest absolute Gasteiger partial charge is 0.146 e. The molecule has 1 saturated heterocycles. The number of ether oxygens (including phenoxy) is 1. The second kappa shape index (κ2) is 6.90. The van der Waals surface area contributed by atoms with Crippen LogP contribution in [0.4, 0.5) is 5.82 Å². The van der Waals surface area contributed by atoms with Crippen molar-refractivity contribution in [3.63, 3.8) is 0 Å². The van der Waals surface area contributed by atoms with Crippen LogP contribution in [-0.4, -0.2) is 29.7 Å². The minimum atomic E-state index is 0.540. The molecule has 5 nitrogen and oxygen atoms in total. The lowest BCUT2D eigenvalue weighted by atomic mass is 9.97. The third kappa shape index (κ3) is 3.34. The van der Waals surface area contributed by atoms with E-state index in [1.165, 1.54) is 0 Å². The summed E-state index contributed by atoms with van der Waals surface area (Å²) in [6, 6.07) is 9.59. The average Bonchev–Trinajstić information content (AvgIpc) is 2.61. The van der Waals surface area contributed by atoms with Gasteiger partial charge in [-0.15, -0.1) is 0 Å². The Kier molecular flexibility index (Phi) is 4.50. The SMILES string of the molecule is N#Cc1cccnc1N1CCC(COc2ccncc2)CC1. The number of hydrogen-bond acceptors (Lipinski definition) is 5. The largest absolute Gasteiger partial charge is 0.493 e. The number of nitriles is 1. The molecule has 22 heavy (non-hydrogen) atoms. The number of rotatable bonds is 4. The Balaban J connectivity index is 1.53. The van der Waals surface area contributed by atoms with E-state index in [0.29, 0.717) is 11.5 Å². The minimum Gasteiger partial charge on any atom is -0.493 e. The van der Waals surface area contributed by atoms with E-state index in [9.17, 15) is 0 Å². The molecule has 0 amide bonds. The molecule has 112 valence electrons. The number of aromatic nitrogens is 2. The fourth-order valence-electron chi connectivity index (χ4n) is 2.70. The quantitative estimate of drug-likeness (QED) is 0.867. The molecule has 1 fully saturated rings. The number of piperidine rings is 1. The van der Waals surface area contributed by atoms with Crippen LogP contribution in [0, 0.1) is 17.2 Å². The molecule has 0 aromatic carbocycles. The van der Waals surface area contributed by atoms with Crippen molar-refractivity contribution in [2.24, 2.45) is 5.92 Å². The maximum Gasteiger partial charge on any atom is 0.146 e. The standard InChI is InChI=1S/C17H18N4O/c18-12-15-2-1-7-20-17(15)21-10-5-14(6-11-21)13-22-16-3-8-19-9-4-16/h1-4,7-9,14H,5-6,10-11,13H2. The van der Waals surface area contributed by atoms with E-state index < -0.39 is 0 Å². The van der Waals surface area contributed by atoms with Crippen molar-refractivity contribution in [3.8, 4) is 11.8 Å². The highest BCUT2D eigenvalue weighted by molar-refractivity contribution is 5.53. The van der Waals surface area contributed by atoms with Gasteiger partial charge in [0.15, 0.2) is 0 Å². The van der Waals surface area contributed by atoms with Crippen LogP contribution >= 0.6 is 0 Å². The third-order valence-electron chi connectivity index (χ3n) is 3.96. The third-order valence-corrected chi connectivity index (χ3v) is 3.96. The highest BCUT2D eigenvalue weighted by Crippen LogP contribution is 2.24. The summed E-state index contributed by atoms with van der Waals surface area (Å²) < 4.78 is 5.80. The maximum absolute atomic E-state index is 9.17. The fourth-order valence-corrected chi connectivity index (χ4v) is 2.70. The zero-order valence-corrected chi connectivity index (χ0v) is 12.4. The summed E-state index contributed by atoms with van der Waals surface area (Å²) in [5, 5.41) is 9.17. The van der Waals surface area contributed by atoms with E-state index in [2.05, 4.69) is 20.9 Å². The summed E-state index contributed by atoms with van der Waals surface area (Å²) in [7, 11) is 0. The first-order valence-corrected chi connectivity index (χ1v) is 7.49. The van der Waals surface area contributed by atoms with Gasteiger partial charge in [0.05, 0.1) is 12.2 Å². The van der Waals surface area contributed by atoms with Crippen molar-refractivity contribution in [3.05, 3.63) is 48.4 Å². The van der Waals surface area contributed by atoms with Gasteiger partial charge in [-0.25, -0.2) is 4.98 Å². The van der Waals surface area contributed by atoms with Crippen molar-refractivity contribution in [2.45, 2.75) is 12.8 Å². The lowest BCUT2D eigenvalue weighted by Gasteiger charge is -2.33. The van der Waals surface area contributed by atoms with E-state index in [1.54, 1.807) is 24.7 Å². The number of anilines is 1. The Morgan fingerprint density at radius 3 is 2.68 bits per heavy atom. The molecule has 0 saturated carbocycles. The Bertz CT molecular complexity index is 645. The Morgan fingerprint density at radius 1 is 1.18 bits per heavy atom. The van der Waals surface area contributed by atoms with Gasteiger partial charge in [0.25, 0.3) is 0 Å². The highest BCUT2D eigenvalue weighted by Gasteiger charge is 2.22. The van der Waals surface area contributed by atoms with Crippen LogP contribution in [0.5, 0.6) is 5.75 Å². The van der Waals surface area contributed by atoms with Crippen LogP contribution in [0.3, 0.4) is 0 Å². The van der Waals surface area contributed by atoms with Crippen LogP contribution < -0.4 is 9.64 Å². The van der Waals surface area contributed by atoms with Crippen LogP contribution in [0.15, 0.2) is 42.9 Å². The average molecular weight is 294 g/mol. The zero-order valence-electron chi connectivity index (χ0n) is 12.4. The van der Waals surface area contributed by atoms with Crippen LogP contribution in [-0.2, 0) is 0 Å². The predicted molar refractivity (Wildman–Crippen MR) is 83.6 cm³/mol. The van der Waals surface area contributed by atoms with Crippen LogP contribution in [0.25, 0.3) is 0 Å². The Labute approximate surface area is 130 Å². The van der Waals surface area contributed by atoms with Crippen molar-refractivity contribution in [2.75, 3.05) is 24.6 Å². The molecular weight excluding hydrogens is 276 g/mol. The number of hydrogen-bond donors (Lipinski definition) is 0. The van der Waals surface area contributed by atoms with Crippen molar-refractivity contribution in [1.82, 2.24) is 9.97 Å². The second-order valence-electron chi connectivity index (χ2n) is 5.41. The van der Waals surface area contributed by atoms with Gasteiger partial charge in [-0.1, -0.05) is 0 Å². The summed E-state index contributed by atoms with van der Waals surface area (Å²) in [6.45, 7) is 2.55. The summed E-state index contributed by atoms with van der Waals surface area (Å²) in [5.74, 6) is 2.21. The van der Waals surface area contributed by atoms with E-state index in [0.717, 1.165) is 44.1 Å². The summed E-state index contributed by atoms with van der Waals surface area (Å²) in [4.78, 5) is 10.5. The van der Waals surface area contributed by atoms with E-state index in [4.69, 9.17) is 10.00 Å². The molecule has 0 bridgehead atoms. The predicted octanol–water partition coefficient (Wildman–Crippen LogP) is 2.64. The fraction of sp³-hybridized carbons (Fsp3) is 0.353. The summed E-state index contributed by atoms with van der Waals surface area (Å²) in [6.07, 6.45) is 7.32. The second-order valence-corrected chi connectivity index (χ2v) is 5.41. The molecule has 0 atom stereocenters. The normalized spacial score (nSPS) is 15.3. The Hall–Kier alpha value is -2.61.